The summed E-state index contributed by atoms with van der Waals surface area (Å²) in [5, 5.41) is 9.62. The van der Waals surface area contributed by atoms with Gasteiger partial charge in [0.25, 0.3) is 0 Å². The molecule has 1 aliphatic rings. The van der Waals surface area contributed by atoms with Crippen molar-refractivity contribution in [3.05, 3.63) is 11.5 Å². The van der Waals surface area contributed by atoms with Crippen molar-refractivity contribution < 1.29 is 5.11 Å². The van der Waals surface area contributed by atoms with Crippen molar-refractivity contribution in [3.63, 3.8) is 0 Å². The average Bonchev–Trinajstić information content (AvgIpc) is 2.67. The Kier molecular flexibility index (Phi) is 2.69. The van der Waals surface area contributed by atoms with Gasteiger partial charge in [0, 0.05) is 13.2 Å². The molecule has 1 aliphatic carbocycles. The van der Waals surface area contributed by atoms with Crippen LogP contribution in [-0.4, -0.2) is 31.2 Å². The maximum absolute atomic E-state index is 9.35. The highest BCUT2D eigenvalue weighted by Crippen LogP contribution is 2.58. The summed E-state index contributed by atoms with van der Waals surface area (Å²) >= 11 is 5.99. The van der Waals surface area contributed by atoms with E-state index in [1.165, 1.54) is 0 Å². The van der Waals surface area contributed by atoms with Crippen LogP contribution in [-0.2, 0) is 6.54 Å². The second-order valence-corrected chi connectivity index (χ2v) is 6.02. The van der Waals surface area contributed by atoms with E-state index in [9.17, 15) is 5.11 Å². The number of rotatable bonds is 3. The fraction of sp³-hybridized carbons (Fsp3) is 0.583. The van der Waals surface area contributed by atoms with Crippen LogP contribution >= 0.6 is 11.6 Å². The minimum Gasteiger partial charge on any atom is -0.396 e. The predicted molar refractivity (Wildman–Crippen MR) is 72.6 cm³/mol. The summed E-state index contributed by atoms with van der Waals surface area (Å²) in [7, 11) is 0. The molecule has 0 aromatic carbocycles. The standard InChI is InChI=1S/C12H16ClN5O/c1-12(2)6(7(12)4-19)3-18-5-15-8-9(13)16-11(14)17-10(8)18/h5-7,19H,3-4H2,1-2H3,(H2,14,16,17)/t6-,7-/m0/s1. The lowest BCUT2D eigenvalue weighted by atomic mass is 10.1. The maximum Gasteiger partial charge on any atom is 0.223 e. The van der Waals surface area contributed by atoms with Crippen molar-refractivity contribution in [2.45, 2.75) is 20.4 Å². The molecular formula is C12H16ClN5O. The first kappa shape index (κ1) is 12.6. The van der Waals surface area contributed by atoms with Crippen molar-refractivity contribution in [2.75, 3.05) is 12.3 Å². The summed E-state index contributed by atoms with van der Waals surface area (Å²) in [5.41, 5.74) is 6.98. The summed E-state index contributed by atoms with van der Waals surface area (Å²) in [4.78, 5) is 12.3. The molecule has 6 nitrogen and oxygen atoms in total. The van der Waals surface area contributed by atoms with Gasteiger partial charge in [0.2, 0.25) is 5.95 Å². The molecule has 2 aromatic heterocycles. The Morgan fingerprint density at radius 3 is 2.79 bits per heavy atom. The van der Waals surface area contributed by atoms with Crippen LogP contribution in [0.15, 0.2) is 6.33 Å². The van der Waals surface area contributed by atoms with E-state index in [1.807, 2.05) is 4.57 Å². The van der Waals surface area contributed by atoms with Gasteiger partial charge in [0.1, 0.15) is 5.52 Å². The van der Waals surface area contributed by atoms with Gasteiger partial charge >= 0.3 is 0 Å². The number of fused-ring (bicyclic) bond motifs is 1. The first-order chi connectivity index (χ1) is 8.95. The lowest BCUT2D eigenvalue weighted by Gasteiger charge is -2.05. The van der Waals surface area contributed by atoms with Gasteiger partial charge in [-0.15, -0.1) is 0 Å². The second-order valence-electron chi connectivity index (χ2n) is 5.66. The highest BCUT2D eigenvalue weighted by atomic mass is 35.5. The van der Waals surface area contributed by atoms with Crippen LogP contribution in [0.4, 0.5) is 5.95 Å². The van der Waals surface area contributed by atoms with Crippen molar-refractivity contribution in [3.8, 4) is 0 Å². The molecule has 0 unspecified atom stereocenters. The summed E-state index contributed by atoms with van der Waals surface area (Å²) in [6, 6.07) is 0. The van der Waals surface area contributed by atoms with Crippen molar-refractivity contribution in [1.82, 2.24) is 19.5 Å². The SMILES string of the molecule is CC1(C)[C@@H](CO)[C@@H]1Cn1cnc2c(Cl)nc(N)nc21. The number of nitrogens with two attached hydrogens (primary N) is 1. The smallest absolute Gasteiger partial charge is 0.223 e. The molecule has 0 saturated heterocycles. The van der Waals surface area contributed by atoms with Gasteiger partial charge in [0.05, 0.1) is 6.33 Å². The van der Waals surface area contributed by atoms with Crippen LogP contribution < -0.4 is 5.73 Å². The van der Waals surface area contributed by atoms with Crippen LogP contribution in [0.1, 0.15) is 13.8 Å². The number of hydrogen-bond acceptors (Lipinski definition) is 5. The fourth-order valence-corrected chi connectivity index (χ4v) is 3.07. The molecule has 0 spiro atoms. The van der Waals surface area contributed by atoms with Crippen LogP contribution in [0.5, 0.6) is 0 Å². The van der Waals surface area contributed by atoms with Gasteiger partial charge in [-0.05, 0) is 17.3 Å². The fourth-order valence-electron chi connectivity index (χ4n) is 2.85. The summed E-state index contributed by atoms with van der Waals surface area (Å²) in [6.45, 7) is 5.28. The third-order valence-corrected chi connectivity index (χ3v) is 4.58. The minimum atomic E-state index is 0.146. The largest absolute Gasteiger partial charge is 0.396 e. The number of anilines is 1. The molecule has 3 N–H and O–H groups in total. The van der Waals surface area contributed by atoms with Crippen molar-refractivity contribution in [2.24, 2.45) is 17.3 Å². The average molecular weight is 282 g/mol. The number of imidazole rings is 1. The Bertz CT molecular complexity index is 638. The number of aliphatic hydroxyl groups is 1. The predicted octanol–water partition coefficient (Wildman–Crippen LogP) is 1.33. The Morgan fingerprint density at radius 2 is 2.16 bits per heavy atom. The molecule has 7 heteroatoms. The van der Waals surface area contributed by atoms with Crippen LogP contribution in [0, 0.1) is 17.3 Å². The second kappa shape index (κ2) is 4.05. The van der Waals surface area contributed by atoms with E-state index >= 15 is 0 Å². The molecule has 0 bridgehead atoms. The van der Waals surface area contributed by atoms with Crippen LogP contribution in [0.3, 0.4) is 0 Å². The van der Waals surface area contributed by atoms with E-state index in [4.69, 9.17) is 17.3 Å². The Labute approximate surface area is 115 Å². The zero-order valence-corrected chi connectivity index (χ0v) is 11.6. The molecule has 2 heterocycles. The monoisotopic (exact) mass is 281 g/mol. The first-order valence-electron chi connectivity index (χ1n) is 6.20. The third-order valence-electron chi connectivity index (χ3n) is 4.32. The molecule has 2 aromatic rings. The Morgan fingerprint density at radius 1 is 1.42 bits per heavy atom. The number of aliphatic hydroxyl groups excluding tert-OH is 1. The molecular weight excluding hydrogens is 266 g/mol. The molecule has 3 rings (SSSR count). The van der Waals surface area contributed by atoms with Gasteiger partial charge in [-0.1, -0.05) is 25.4 Å². The molecule has 0 radical (unpaired) electrons. The number of aromatic nitrogens is 4. The quantitative estimate of drug-likeness (QED) is 0.828. The minimum absolute atomic E-state index is 0.146. The number of halogens is 1. The Hall–Kier alpha value is -1.40. The number of nitrogen functional groups attached to an aromatic ring is 1. The third kappa shape index (κ3) is 1.86. The first-order valence-corrected chi connectivity index (χ1v) is 6.57. The lowest BCUT2D eigenvalue weighted by Crippen LogP contribution is -2.05. The molecule has 0 aliphatic heterocycles. The zero-order valence-electron chi connectivity index (χ0n) is 10.8. The summed E-state index contributed by atoms with van der Waals surface area (Å²) < 4.78 is 1.93. The summed E-state index contributed by atoms with van der Waals surface area (Å²) in [5.74, 6) is 0.873. The molecule has 102 valence electrons. The molecule has 0 amide bonds. The number of hydrogen-bond donors (Lipinski definition) is 2. The Balaban J connectivity index is 1.95. The van der Waals surface area contributed by atoms with Crippen molar-refractivity contribution in [1.29, 1.82) is 0 Å². The van der Waals surface area contributed by atoms with Gasteiger partial charge in [0.15, 0.2) is 10.8 Å². The zero-order chi connectivity index (χ0) is 13.8. The van der Waals surface area contributed by atoms with E-state index in [2.05, 4.69) is 28.8 Å². The van der Waals surface area contributed by atoms with Crippen molar-refractivity contribution >= 4 is 28.7 Å². The van der Waals surface area contributed by atoms with Gasteiger partial charge in [-0.25, -0.2) is 4.98 Å². The van der Waals surface area contributed by atoms with E-state index in [0.29, 0.717) is 23.0 Å². The topological polar surface area (TPSA) is 89.8 Å². The molecule has 2 atom stereocenters. The summed E-state index contributed by atoms with van der Waals surface area (Å²) in [6.07, 6.45) is 1.70. The van der Waals surface area contributed by atoms with Crippen LogP contribution in [0.2, 0.25) is 5.15 Å². The molecule has 1 saturated carbocycles. The maximum atomic E-state index is 9.35. The van der Waals surface area contributed by atoms with Gasteiger partial charge < -0.3 is 15.4 Å². The molecule has 1 fully saturated rings. The molecule has 19 heavy (non-hydrogen) atoms. The number of nitrogens with zero attached hydrogens (tertiary/aromatic N) is 4. The van der Waals surface area contributed by atoms with E-state index < -0.39 is 0 Å². The van der Waals surface area contributed by atoms with E-state index in [1.54, 1.807) is 6.33 Å². The normalized spacial score (nSPS) is 24.8. The van der Waals surface area contributed by atoms with E-state index in [-0.39, 0.29) is 23.1 Å². The van der Waals surface area contributed by atoms with Gasteiger partial charge in [-0.3, -0.25) is 0 Å². The van der Waals surface area contributed by atoms with E-state index in [0.717, 1.165) is 6.54 Å². The van der Waals surface area contributed by atoms with Crippen LogP contribution in [0.25, 0.3) is 11.2 Å². The van der Waals surface area contributed by atoms with Gasteiger partial charge in [-0.2, -0.15) is 9.97 Å². The highest BCUT2D eigenvalue weighted by molar-refractivity contribution is 6.33. The lowest BCUT2D eigenvalue weighted by molar-refractivity contribution is 0.254. The highest BCUT2D eigenvalue weighted by Gasteiger charge is 2.56.